The molecule has 0 spiro atoms. The van der Waals surface area contributed by atoms with Gasteiger partial charge in [0.05, 0.1) is 12.3 Å². The molecule has 2 aromatic rings. The van der Waals surface area contributed by atoms with E-state index >= 15 is 0 Å². The first-order valence-electron chi connectivity index (χ1n) is 7.53. The molecule has 3 heterocycles. The van der Waals surface area contributed by atoms with Gasteiger partial charge in [-0.3, -0.25) is 0 Å². The topological polar surface area (TPSA) is 89.8 Å². The number of halogens is 1. The number of aliphatic hydroxyl groups excluding tert-OH is 1. The van der Waals surface area contributed by atoms with Gasteiger partial charge in [-0.2, -0.15) is 4.39 Å². The van der Waals surface area contributed by atoms with Crippen LogP contribution in [0.3, 0.4) is 0 Å². The number of amides is 1. The first-order chi connectivity index (χ1) is 11.6. The van der Waals surface area contributed by atoms with Crippen LogP contribution in [0.4, 0.5) is 15.0 Å². The summed E-state index contributed by atoms with van der Waals surface area (Å²) in [4.78, 5) is 22.4. The van der Waals surface area contributed by atoms with Crippen molar-refractivity contribution < 1.29 is 19.4 Å². The zero-order chi connectivity index (χ0) is 17.1. The molecule has 2 aromatic heterocycles. The molecule has 1 fully saturated rings. The Bertz CT molecular complexity index is 748. The van der Waals surface area contributed by atoms with Crippen molar-refractivity contribution in [2.24, 2.45) is 0 Å². The van der Waals surface area contributed by atoms with Gasteiger partial charge in [0, 0.05) is 44.0 Å². The van der Waals surface area contributed by atoms with Crippen molar-refractivity contribution in [2.45, 2.75) is 6.61 Å². The molecule has 0 aromatic carbocycles. The second-order valence-electron chi connectivity index (χ2n) is 5.50. The van der Waals surface area contributed by atoms with E-state index in [1.807, 2.05) is 4.90 Å². The van der Waals surface area contributed by atoms with Gasteiger partial charge in [-0.05, 0) is 23.8 Å². The number of aliphatic hydroxyl groups is 1. The molecule has 1 saturated heterocycles. The zero-order valence-corrected chi connectivity index (χ0v) is 12.9. The van der Waals surface area contributed by atoms with Crippen LogP contribution in [0, 0.1) is 5.95 Å². The summed E-state index contributed by atoms with van der Waals surface area (Å²) in [5, 5.41) is 18.5. The first kappa shape index (κ1) is 16.1. The van der Waals surface area contributed by atoms with Crippen molar-refractivity contribution in [3.63, 3.8) is 0 Å². The van der Waals surface area contributed by atoms with Gasteiger partial charge in [-0.1, -0.05) is 0 Å². The third-order valence-corrected chi connectivity index (χ3v) is 3.95. The summed E-state index contributed by atoms with van der Waals surface area (Å²) < 4.78 is 13.3. The highest BCUT2D eigenvalue weighted by atomic mass is 19.1. The molecule has 0 atom stereocenters. The summed E-state index contributed by atoms with van der Waals surface area (Å²) in [6.45, 7) is 1.64. The number of aromatic nitrogens is 2. The Balaban J connectivity index is 1.89. The standard InChI is InChI=1S/C16H17FN4O3/c17-14-9-12(1-2-18-14)13-7-11(10-22)8-15(19-13)20-3-5-21(6-4-20)16(23)24/h1-2,7-9,22H,3-6,10H2,(H,23,24). The first-order valence-corrected chi connectivity index (χ1v) is 7.53. The number of nitrogens with zero attached hydrogens (tertiary/aromatic N) is 4. The van der Waals surface area contributed by atoms with E-state index in [0.717, 1.165) is 0 Å². The molecule has 2 N–H and O–H groups in total. The summed E-state index contributed by atoms with van der Waals surface area (Å²) in [6.07, 6.45) is 0.433. The Hall–Kier alpha value is -2.74. The SMILES string of the molecule is O=C(O)N1CCN(c2cc(CO)cc(-c3ccnc(F)c3)n2)CC1. The number of carboxylic acid groups (broad SMARTS) is 1. The summed E-state index contributed by atoms with van der Waals surface area (Å²) in [6, 6.07) is 6.40. The van der Waals surface area contributed by atoms with Crippen molar-refractivity contribution in [3.8, 4) is 11.3 Å². The van der Waals surface area contributed by atoms with E-state index in [1.54, 1.807) is 18.2 Å². The Morgan fingerprint density at radius 3 is 2.58 bits per heavy atom. The fraction of sp³-hybridized carbons (Fsp3) is 0.312. The van der Waals surface area contributed by atoms with Gasteiger partial charge in [-0.15, -0.1) is 0 Å². The molecule has 3 rings (SSSR count). The molecule has 0 radical (unpaired) electrons. The average Bonchev–Trinajstić information content (AvgIpc) is 2.61. The number of carbonyl (C=O) groups is 1. The maximum atomic E-state index is 13.3. The van der Waals surface area contributed by atoms with Crippen molar-refractivity contribution in [1.29, 1.82) is 0 Å². The number of hydrogen-bond acceptors (Lipinski definition) is 5. The third kappa shape index (κ3) is 3.43. The second-order valence-corrected chi connectivity index (χ2v) is 5.50. The quantitative estimate of drug-likeness (QED) is 0.830. The molecule has 0 saturated carbocycles. The molecule has 7 nitrogen and oxygen atoms in total. The Morgan fingerprint density at radius 1 is 1.21 bits per heavy atom. The van der Waals surface area contributed by atoms with E-state index in [-0.39, 0.29) is 6.61 Å². The van der Waals surface area contributed by atoms with Gasteiger partial charge in [0.1, 0.15) is 5.82 Å². The van der Waals surface area contributed by atoms with Crippen LogP contribution in [0.2, 0.25) is 0 Å². The summed E-state index contributed by atoms with van der Waals surface area (Å²) in [7, 11) is 0. The molecular formula is C16H17FN4O3. The van der Waals surface area contributed by atoms with Crippen LogP contribution in [0.5, 0.6) is 0 Å². The predicted molar refractivity (Wildman–Crippen MR) is 85.2 cm³/mol. The fourth-order valence-corrected chi connectivity index (χ4v) is 2.66. The minimum Gasteiger partial charge on any atom is -0.465 e. The molecule has 0 unspecified atom stereocenters. The van der Waals surface area contributed by atoms with E-state index in [0.29, 0.717) is 48.8 Å². The van der Waals surface area contributed by atoms with Crippen LogP contribution < -0.4 is 4.90 Å². The minimum atomic E-state index is -0.931. The Labute approximate surface area is 138 Å². The number of pyridine rings is 2. The lowest BCUT2D eigenvalue weighted by Gasteiger charge is -2.34. The van der Waals surface area contributed by atoms with Gasteiger partial charge in [0.25, 0.3) is 0 Å². The highest BCUT2D eigenvalue weighted by Crippen LogP contribution is 2.24. The predicted octanol–water partition coefficient (Wildman–Crippen LogP) is 1.58. The van der Waals surface area contributed by atoms with Gasteiger partial charge in [-0.25, -0.2) is 14.8 Å². The van der Waals surface area contributed by atoms with Crippen LogP contribution in [-0.2, 0) is 6.61 Å². The van der Waals surface area contributed by atoms with Crippen molar-refractivity contribution in [2.75, 3.05) is 31.1 Å². The van der Waals surface area contributed by atoms with Crippen molar-refractivity contribution in [1.82, 2.24) is 14.9 Å². The fourth-order valence-electron chi connectivity index (χ4n) is 2.66. The van der Waals surface area contributed by atoms with Crippen LogP contribution in [0.15, 0.2) is 30.5 Å². The van der Waals surface area contributed by atoms with Crippen LogP contribution >= 0.6 is 0 Å². The van der Waals surface area contributed by atoms with Gasteiger partial charge >= 0.3 is 6.09 Å². The molecule has 126 valence electrons. The molecule has 1 aliphatic rings. The molecule has 8 heteroatoms. The second kappa shape index (κ2) is 6.79. The molecule has 0 aliphatic carbocycles. The number of hydrogen-bond donors (Lipinski definition) is 2. The highest BCUT2D eigenvalue weighted by Gasteiger charge is 2.22. The average molecular weight is 332 g/mol. The van der Waals surface area contributed by atoms with Gasteiger partial charge in [0.15, 0.2) is 0 Å². The maximum absolute atomic E-state index is 13.3. The maximum Gasteiger partial charge on any atom is 0.407 e. The zero-order valence-electron chi connectivity index (χ0n) is 12.9. The Kier molecular flexibility index (Phi) is 4.57. The van der Waals surface area contributed by atoms with Crippen LogP contribution in [0.25, 0.3) is 11.3 Å². The van der Waals surface area contributed by atoms with Gasteiger partial charge < -0.3 is 20.0 Å². The normalized spacial score (nSPS) is 14.8. The lowest BCUT2D eigenvalue weighted by atomic mass is 10.1. The van der Waals surface area contributed by atoms with E-state index < -0.39 is 12.0 Å². The molecule has 24 heavy (non-hydrogen) atoms. The smallest absolute Gasteiger partial charge is 0.407 e. The summed E-state index contributed by atoms with van der Waals surface area (Å²) in [5.41, 5.74) is 1.77. The molecule has 1 amide bonds. The van der Waals surface area contributed by atoms with E-state index in [9.17, 15) is 14.3 Å². The van der Waals surface area contributed by atoms with Crippen molar-refractivity contribution >= 4 is 11.9 Å². The number of rotatable bonds is 3. The number of piperazine rings is 1. The molecular weight excluding hydrogens is 315 g/mol. The summed E-state index contributed by atoms with van der Waals surface area (Å²) in [5.74, 6) is 0.0409. The third-order valence-electron chi connectivity index (χ3n) is 3.95. The van der Waals surface area contributed by atoms with Crippen LogP contribution in [0.1, 0.15) is 5.56 Å². The largest absolute Gasteiger partial charge is 0.465 e. The Morgan fingerprint density at radius 2 is 1.96 bits per heavy atom. The van der Waals surface area contributed by atoms with Crippen molar-refractivity contribution in [3.05, 3.63) is 42.0 Å². The van der Waals surface area contributed by atoms with E-state index in [2.05, 4.69) is 9.97 Å². The number of anilines is 1. The minimum absolute atomic E-state index is 0.162. The van der Waals surface area contributed by atoms with E-state index in [1.165, 1.54) is 17.2 Å². The van der Waals surface area contributed by atoms with E-state index in [4.69, 9.17) is 5.11 Å². The van der Waals surface area contributed by atoms with Gasteiger partial charge in [0.2, 0.25) is 5.95 Å². The highest BCUT2D eigenvalue weighted by molar-refractivity contribution is 5.66. The molecule has 0 bridgehead atoms. The monoisotopic (exact) mass is 332 g/mol. The van der Waals surface area contributed by atoms with Crippen LogP contribution in [-0.4, -0.2) is 57.4 Å². The molecule has 1 aliphatic heterocycles. The lowest BCUT2D eigenvalue weighted by Crippen LogP contribution is -2.48. The lowest BCUT2D eigenvalue weighted by molar-refractivity contribution is 0.142. The summed E-state index contributed by atoms with van der Waals surface area (Å²) >= 11 is 0.